The van der Waals surface area contributed by atoms with Gasteiger partial charge in [0.25, 0.3) is 0 Å². The van der Waals surface area contributed by atoms with Crippen molar-refractivity contribution in [3.05, 3.63) is 35.4 Å². The maximum Gasteiger partial charge on any atom is 0.309 e. The second kappa shape index (κ2) is 13.7. The molecule has 1 aromatic carbocycles. The first-order chi connectivity index (χ1) is 16.4. The van der Waals surface area contributed by atoms with Crippen LogP contribution < -0.4 is 0 Å². The van der Waals surface area contributed by atoms with Gasteiger partial charge in [-0.25, -0.2) is 0 Å². The number of halogens is 2. The van der Waals surface area contributed by atoms with E-state index in [4.69, 9.17) is 0 Å². The number of alkyl halides is 2. The van der Waals surface area contributed by atoms with Crippen molar-refractivity contribution in [2.24, 2.45) is 17.8 Å². The molecule has 0 aliphatic heterocycles. The van der Waals surface area contributed by atoms with Gasteiger partial charge < -0.3 is 0 Å². The smallest absolute Gasteiger partial charge is 0.287 e. The second-order valence-corrected chi connectivity index (χ2v) is 11.4. The lowest BCUT2D eigenvalue weighted by atomic mass is 9.68. The Hall–Kier alpha value is -1.25. The Morgan fingerprint density at radius 2 is 1.32 bits per heavy atom. The zero-order valence-electron chi connectivity index (χ0n) is 21.8. The molecule has 0 N–H and O–H groups in total. The average Bonchev–Trinajstić information content (AvgIpc) is 2.86. The van der Waals surface area contributed by atoms with Gasteiger partial charge in [0.2, 0.25) is 5.78 Å². The third-order valence-electron chi connectivity index (χ3n) is 8.84. The molecule has 0 unspecified atom stereocenters. The third kappa shape index (κ3) is 7.89. The van der Waals surface area contributed by atoms with E-state index in [1.807, 2.05) is 12.1 Å². The van der Waals surface area contributed by atoms with E-state index >= 15 is 0 Å². The molecular formula is C31H48F2O. The van der Waals surface area contributed by atoms with E-state index in [9.17, 15) is 13.6 Å². The molecule has 2 fully saturated rings. The van der Waals surface area contributed by atoms with Gasteiger partial charge in [0, 0.05) is 12.0 Å². The van der Waals surface area contributed by atoms with E-state index in [0.29, 0.717) is 12.3 Å². The van der Waals surface area contributed by atoms with Crippen LogP contribution in [0.3, 0.4) is 0 Å². The number of Topliss-reactive ketones (excluding diaryl/α,β-unsaturated/α-hetero) is 1. The Balaban J connectivity index is 1.37. The predicted octanol–water partition coefficient (Wildman–Crippen LogP) is 10.1. The van der Waals surface area contributed by atoms with Crippen molar-refractivity contribution in [2.45, 2.75) is 135 Å². The van der Waals surface area contributed by atoms with E-state index in [1.165, 1.54) is 102 Å². The summed E-state index contributed by atoms with van der Waals surface area (Å²) in [5.41, 5.74) is 1.37. The van der Waals surface area contributed by atoms with Gasteiger partial charge in [-0.05, 0) is 74.2 Å². The van der Waals surface area contributed by atoms with Crippen molar-refractivity contribution in [1.82, 2.24) is 0 Å². The molecule has 2 saturated carbocycles. The zero-order valence-corrected chi connectivity index (χ0v) is 21.8. The molecule has 1 aromatic rings. The molecule has 34 heavy (non-hydrogen) atoms. The van der Waals surface area contributed by atoms with Crippen molar-refractivity contribution in [3.8, 4) is 0 Å². The van der Waals surface area contributed by atoms with Crippen molar-refractivity contribution >= 4 is 5.78 Å². The number of benzene rings is 1. The quantitative estimate of drug-likeness (QED) is 0.205. The van der Waals surface area contributed by atoms with Crippen LogP contribution in [-0.4, -0.2) is 11.7 Å². The molecule has 2 aliphatic carbocycles. The lowest BCUT2D eigenvalue weighted by Crippen LogP contribution is -2.28. The van der Waals surface area contributed by atoms with Crippen molar-refractivity contribution < 1.29 is 13.6 Å². The monoisotopic (exact) mass is 474 g/mol. The maximum atomic E-state index is 14.0. The van der Waals surface area contributed by atoms with E-state index in [2.05, 4.69) is 6.92 Å². The molecule has 0 amide bonds. The van der Waals surface area contributed by atoms with Crippen molar-refractivity contribution in [2.75, 3.05) is 0 Å². The summed E-state index contributed by atoms with van der Waals surface area (Å²) in [6, 6.07) is 7.10. The van der Waals surface area contributed by atoms with Crippen LogP contribution >= 0.6 is 0 Å². The highest BCUT2D eigenvalue weighted by atomic mass is 19.3. The molecule has 0 bridgehead atoms. The van der Waals surface area contributed by atoms with Gasteiger partial charge in [-0.3, -0.25) is 4.79 Å². The Morgan fingerprint density at radius 1 is 0.765 bits per heavy atom. The van der Waals surface area contributed by atoms with Gasteiger partial charge in [-0.2, -0.15) is 8.78 Å². The highest BCUT2D eigenvalue weighted by molar-refractivity contribution is 6.01. The van der Waals surface area contributed by atoms with Crippen LogP contribution in [0.2, 0.25) is 0 Å². The Morgan fingerprint density at radius 3 is 1.91 bits per heavy atom. The van der Waals surface area contributed by atoms with Crippen molar-refractivity contribution in [1.29, 1.82) is 0 Å². The van der Waals surface area contributed by atoms with Crippen LogP contribution in [0.25, 0.3) is 0 Å². The van der Waals surface area contributed by atoms with Crippen LogP contribution in [0.1, 0.15) is 145 Å². The highest BCUT2D eigenvalue weighted by Gasteiger charge is 2.38. The van der Waals surface area contributed by atoms with Gasteiger partial charge in [0.15, 0.2) is 0 Å². The molecule has 0 aromatic heterocycles. The van der Waals surface area contributed by atoms with Gasteiger partial charge >= 0.3 is 5.92 Å². The lowest BCUT2D eigenvalue weighted by Gasteiger charge is -2.38. The topological polar surface area (TPSA) is 17.1 Å². The van der Waals surface area contributed by atoms with Crippen LogP contribution in [0.5, 0.6) is 0 Å². The predicted molar refractivity (Wildman–Crippen MR) is 139 cm³/mol. The number of carbonyl (C=O) groups is 1. The fourth-order valence-corrected chi connectivity index (χ4v) is 6.63. The van der Waals surface area contributed by atoms with Gasteiger partial charge in [-0.15, -0.1) is 0 Å². The molecule has 0 heterocycles. The average molecular weight is 475 g/mol. The molecule has 0 spiro atoms. The molecule has 0 radical (unpaired) electrons. The van der Waals surface area contributed by atoms with E-state index in [0.717, 1.165) is 17.8 Å². The first-order valence-electron chi connectivity index (χ1n) is 14.5. The lowest BCUT2D eigenvalue weighted by molar-refractivity contribution is 0.00453. The Bertz CT molecular complexity index is 709. The van der Waals surface area contributed by atoms with Crippen LogP contribution in [-0.2, 0) is 0 Å². The third-order valence-corrected chi connectivity index (χ3v) is 8.84. The number of carbonyl (C=O) groups excluding carboxylic acids is 1. The Kier molecular flexibility index (Phi) is 11.0. The van der Waals surface area contributed by atoms with Crippen LogP contribution in [0, 0.1) is 17.8 Å². The van der Waals surface area contributed by atoms with Crippen molar-refractivity contribution in [3.63, 3.8) is 0 Å². The summed E-state index contributed by atoms with van der Waals surface area (Å²) in [7, 11) is 0. The fourth-order valence-electron chi connectivity index (χ4n) is 6.63. The molecule has 192 valence electrons. The van der Waals surface area contributed by atoms with E-state index < -0.39 is 11.7 Å². The molecule has 1 nitrogen and oxygen atoms in total. The Labute approximate surface area is 207 Å². The minimum atomic E-state index is -3.25. The molecule has 3 heteroatoms. The SMILES string of the molecule is CCCCCCCCC1CCC(C2CCC(c3ccc(C(=O)C(F)(F)CCC)cc3)CC2)CC1. The summed E-state index contributed by atoms with van der Waals surface area (Å²) in [5.74, 6) is -0.994. The van der Waals surface area contributed by atoms with Crippen LogP contribution in [0.4, 0.5) is 8.78 Å². The molecule has 0 atom stereocenters. The fraction of sp³-hybridized carbons (Fsp3) is 0.774. The highest BCUT2D eigenvalue weighted by Crippen LogP contribution is 2.44. The molecule has 2 aliphatic rings. The van der Waals surface area contributed by atoms with E-state index in [1.54, 1.807) is 19.1 Å². The number of unbranched alkanes of at least 4 members (excludes halogenated alkanes) is 5. The summed E-state index contributed by atoms with van der Waals surface area (Å²) in [6.45, 7) is 3.97. The second-order valence-electron chi connectivity index (χ2n) is 11.4. The van der Waals surface area contributed by atoms with Gasteiger partial charge in [-0.1, -0.05) is 95.9 Å². The number of ketones is 1. The minimum Gasteiger partial charge on any atom is -0.287 e. The first kappa shape index (κ1) is 27.3. The standard InChI is InChI=1S/C31H48F2O/c1-3-5-6-7-8-9-10-24-11-13-25(14-12-24)26-15-17-27(18-16-26)28-19-21-29(22-20-28)30(34)31(32,33)23-4-2/h19-22,24-27H,3-18,23H2,1-2H3. The van der Waals surface area contributed by atoms with E-state index in [-0.39, 0.29) is 12.0 Å². The maximum absolute atomic E-state index is 14.0. The first-order valence-corrected chi connectivity index (χ1v) is 14.5. The van der Waals surface area contributed by atoms with Crippen LogP contribution in [0.15, 0.2) is 24.3 Å². The normalized spacial score (nSPS) is 25.9. The number of rotatable bonds is 13. The zero-order chi connectivity index (χ0) is 24.4. The summed E-state index contributed by atoms with van der Waals surface area (Å²) in [5, 5.41) is 0. The van der Waals surface area contributed by atoms with Gasteiger partial charge in [0.1, 0.15) is 0 Å². The largest absolute Gasteiger partial charge is 0.309 e. The minimum absolute atomic E-state index is 0.147. The molecule has 0 saturated heterocycles. The molecule has 3 rings (SSSR count). The summed E-state index contributed by atoms with van der Waals surface area (Å²) in [4.78, 5) is 12.1. The summed E-state index contributed by atoms with van der Waals surface area (Å²) in [6.07, 6.45) is 20.6. The van der Waals surface area contributed by atoms with Gasteiger partial charge in [0.05, 0.1) is 0 Å². The number of hydrogen-bond acceptors (Lipinski definition) is 1. The summed E-state index contributed by atoms with van der Waals surface area (Å²) >= 11 is 0. The summed E-state index contributed by atoms with van der Waals surface area (Å²) < 4.78 is 27.9. The molecular weight excluding hydrogens is 426 g/mol. The number of hydrogen-bond donors (Lipinski definition) is 0.